The number of carbonyl (C=O) groups is 3. The van der Waals surface area contributed by atoms with Gasteiger partial charge in [0.2, 0.25) is 5.91 Å². The Bertz CT molecular complexity index is 1370. The third kappa shape index (κ3) is 5.52. The summed E-state index contributed by atoms with van der Waals surface area (Å²) >= 11 is 1.45. The summed E-state index contributed by atoms with van der Waals surface area (Å²) in [4.78, 5) is 49.6. The lowest BCUT2D eigenvalue weighted by Crippen LogP contribution is -2.50. The number of fused-ring (bicyclic) bond motifs is 1. The number of carbonyl (C=O) groups excluding carboxylic acids is 3. The highest BCUT2D eigenvalue weighted by molar-refractivity contribution is 8.16. The van der Waals surface area contributed by atoms with E-state index in [1.54, 1.807) is 21.9 Å². The van der Waals surface area contributed by atoms with Crippen LogP contribution in [0, 0.1) is 6.92 Å². The molecule has 1 aromatic heterocycles. The molecule has 0 radical (unpaired) electrons. The molecular formula is C29H32N4O5S. The molecule has 3 aliphatic rings. The Balaban J connectivity index is 1.35. The van der Waals surface area contributed by atoms with E-state index < -0.39 is 12.0 Å². The molecule has 1 saturated heterocycles. The van der Waals surface area contributed by atoms with E-state index in [1.165, 1.54) is 18.0 Å². The fourth-order valence-corrected chi connectivity index (χ4v) is 6.01. The Labute approximate surface area is 232 Å². The minimum absolute atomic E-state index is 0.0335. The summed E-state index contributed by atoms with van der Waals surface area (Å²) in [6.45, 7) is 9.26. The molecule has 0 bridgehead atoms. The lowest BCUT2D eigenvalue weighted by atomic mass is 9.93. The predicted molar refractivity (Wildman–Crippen MR) is 149 cm³/mol. The van der Waals surface area contributed by atoms with Crippen LogP contribution in [0.3, 0.4) is 0 Å². The molecular weight excluding hydrogens is 516 g/mol. The van der Waals surface area contributed by atoms with E-state index in [2.05, 4.69) is 6.07 Å². The molecule has 0 aliphatic carbocycles. The Kier molecular flexibility index (Phi) is 7.65. The van der Waals surface area contributed by atoms with Crippen LogP contribution >= 0.6 is 11.8 Å². The van der Waals surface area contributed by atoms with E-state index in [0.29, 0.717) is 43.2 Å². The van der Waals surface area contributed by atoms with Gasteiger partial charge in [-0.15, -0.1) is 0 Å². The first-order chi connectivity index (χ1) is 18.7. The van der Waals surface area contributed by atoms with Crippen LogP contribution < -0.4 is 0 Å². The number of esters is 1. The minimum atomic E-state index is -0.458. The number of amidine groups is 1. The molecule has 5 rings (SSSR count). The number of furan rings is 1. The monoisotopic (exact) mass is 548 g/mol. The van der Waals surface area contributed by atoms with Gasteiger partial charge in [-0.25, -0.2) is 9.79 Å². The van der Waals surface area contributed by atoms with Crippen LogP contribution in [0.4, 0.5) is 0 Å². The molecule has 0 N–H and O–H groups in total. The van der Waals surface area contributed by atoms with Crippen LogP contribution in [0.15, 0.2) is 74.4 Å². The van der Waals surface area contributed by atoms with Gasteiger partial charge in [-0.2, -0.15) is 0 Å². The summed E-state index contributed by atoms with van der Waals surface area (Å²) in [6.07, 6.45) is 1.36. The Morgan fingerprint density at radius 2 is 1.82 bits per heavy atom. The van der Waals surface area contributed by atoms with Crippen LogP contribution in [-0.2, 0) is 14.3 Å². The number of thioether (sulfide) groups is 1. The molecule has 0 saturated carbocycles. The third-order valence-corrected chi connectivity index (χ3v) is 7.79. The van der Waals surface area contributed by atoms with Gasteiger partial charge in [0.25, 0.3) is 5.91 Å². The predicted octanol–water partition coefficient (Wildman–Crippen LogP) is 4.49. The van der Waals surface area contributed by atoms with Crippen molar-refractivity contribution in [3.05, 3.63) is 81.9 Å². The van der Waals surface area contributed by atoms with Gasteiger partial charge in [-0.1, -0.05) is 41.6 Å². The highest BCUT2D eigenvalue weighted by Crippen LogP contribution is 2.45. The number of nitrogens with zero attached hydrogens (tertiary/aromatic N) is 4. The second kappa shape index (κ2) is 11.1. The number of rotatable bonds is 6. The molecule has 3 aliphatic heterocycles. The summed E-state index contributed by atoms with van der Waals surface area (Å²) in [5.41, 5.74) is 3.88. The van der Waals surface area contributed by atoms with E-state index in [9.17, 15) is 14.4 Å². The van der Waals surface area contributed by atoms with Gasteiger partial charge in [0.1, 0.15) is 0 Å². The van der Waals surface area contributed by atoms with Crippen molar-refractivity contribution >= 4 is 34.7 Å². The molecule has 1 atom stereocenters. The Hall–Kier alpha value is -3.79. The van der Waals surface area contributed by atoms with Crippen molar-refractivity contribution in [2.24, 2.45) is 4.99 Å². The lowest BCUT2D eigenvalue weighted by Gasteiger charge is -2.38. The van der Waals surface area contributed by atoms with Crippen LogP contribution in [0.1, 0.15) is 54.9 Å². The van der Waals surface area contributed by atoms with Gasteiger partial charge in [0, 0.05) is 31.9 Å². The van der Waals surface area contributed by atoms with Crippen molar-refractivity contribution < 1.29 is 23.5 Å². The molecule has 1 aromatic carbocycles. The first kappa shape index (κ1) is 26.8. The average Bonchev–Trinajstić information content (AvgIpc) is 3.58. The van der Waals surface area contributed by atoms with Crippen molar-refractivity contribution in [2.45, 2.75) is 46.3 Å². The quantitative estimate of drug-likeness (QED) is 0.491. The average molecular weight is 549 g/mol. The summed E-state index contributed by atoms with van der Waals surface area (Å²) in [7, 11) is 0. The fourth-order valence-electron chi connectivity index (χ4n) is 5.05. The van der Waals surface area contributed by atoms with Crippen molar-refractivity contribution in [3.8, 4) is 0 Å². The van der Waals surface area contributed by atoms with Crippen LogP contribution in [0.2, 0.25) is 0 Å². The van der Waals surface area contributed by atoms with Gasteiger partial charge in [0.05, 0.1) is 36.1 Å². The number of aliphatic imine (C=N–C) groups is 1. The molecule has 0 unspecified atom stereocenters. The maximum absolute atomic E-state index is 13.4. The van der Waals surface area contributed by atoms with Gasteiger partial charge in [0.15, 0.2) is 10.9 Å². The SMILES string of the molecule is CC1=C(C(=O)OC(C)C)[C@H](c2cccc(C)c2)N2C(CC(=O)N3CCN(C(=O)c4ccco4)CC3)=CSC2=N1. The van der Waals surface area contributed by atoms with Crippen molar-refractivity contribution in [3.63, 3.8) is 0 Å². The number of ether oxygens (including phenoxy) is 1. The Morgan fingerprint density at radius 1 is 1.08 bits per heavy atom. The summed E-state index contributed by atoms with van der Waals surface area (Å²) in [6, 6.07) is 10.9. The van der Waals surface area contributed by atoms with Crippen LogP contribution in [0.25, 0.3) is 0 Å². The van der Waals surface area contributed by atoms with Gasteiger partial charge < -0.3 is 23.9 Å². The second-order valence-electron chi connectivity index (χ2n) is 10.1. The summed E-state index contributed by atoms with van der Waals surface area (Å²) < 4.78 is 10.9. The van der Waals surface area contributed by atoms with Crippen molar-refractivity contribution in [1.29, 1.82) is 0 Å². The molecule has 39 heavy (non-hydrogen) atoms. The fraction of sp³-hybridized carbons (Fsp3) is 0.379. The smallest absolute Gasteiger partial charge is 0.338 e. The zero-order chi connectivity index (χ0) is 27.7. The van der Waals surface area contributed by atoms with Gasteiger partial charge in [-0.3, -0.25) is 9.59 Å². The molecule has 204 valence electrons. The maximum atomic E-state index is 13.4. The largest absolute Gasteiger partial charge is 0.459 e. The molecule has 9 nitrogen and oxygen atoms in total. The molecule has 10 heteroatoms. The number of hydrogen-bond donors (Lipinski definition) is 0. The highest BCUT2D eigenvalue weighted by Gasteiger charge is 2.42. The molecule has 2 aromatic rings. The van der Waals surface area contributed by atoms with Gasteiger partial charge >= 0.3 is 5.97 Å². The van der Waals surface area contributed by atoms with Crippen molar-refractivity contribution in [1.82, 2.24) is 14.7 Å². The molecule has 2 amide bonds. The first-order valence-electron chi connectivity index (χ1n) is 13.1. The Morgan fingerprint density at radius 3 is 2.49 bits per heavy atom. The summed E-state index contributed by atoms with van der Waals surface area (Å²) in [5, 5.41) is 2.68. The van der Waals surface area contributed by atoms with Crippen molar-refractivity contribution in [2.75, 3.05) is 26.2 Å². The number of benzene rings is 1. The lowest BCUT2D eigenvalue weighted by molar-refractivity contribution is -0.143. The van der Waals surface area contributed by atoms with E-state index in [1.807, 2.05) is 56.2 Å². The van der Waals surface area contributed by atoms with E-state index in [0.717, 1.165) is 22.0 Å². The molecule has 1 fully saturated rings. The number of allylic oxidation sites excluding steroid dienone is 1. The van der Waals surface area contributed by atoms with E-state index >= 15 is 0 Å². The minimum Gasteiger partial charge on any atom is -0.459 e. The molecule has 4 heterocycles. The van der Waals surface area contributed by atoms with Crippen LogP contribution in [-0.4, -0.2) is 69.9 Å². The van der Waals surface area contributed by atoms with Crippen LogP contribution in [0.5, 0.6) is 0 Å². The van der Waals surface area contributed by atoms with Gasteiger partial charge in [-0.05, 0) is 50.8 Å². The number of aryl methyl sites for hydroxylation is 1. The second-order valence-corrected chi connectivity index (χ2v) is 10.9. The standard InChI is InChI=1S/C29H32N4O5S/c1-18(2)38-28(36)25-20(4)30-29-33(26(25)21-8-5-7-19(3)15-21)22(17-39-29)16-24(34)31-10-12-32(13-11-31)27(35)23-9-6-14-37-23/h5-9,14-15,17-18,26H,10-13,16H2,1-4H3/t26-/m0/s1. The zero-order valence-corrected chi connectivity index (χ0v) is 23.4. The summed E-state index contributed by atoms with van der Waals surface area (Å²) in [5.74, 6) is -0.303. The van der Waals surface area contributed by atoms with E-state index in [-0.39, 0.29) is 24.3 Å². The van der Waals surface area contributed by atoms with E-state index in [4.69, 9.17) is 14.1 Å². The number of amides is 2. The first-order valence-corrected chi connectivity index (χ1v) is 13.9. The number of hydrogen-bond acceptors (Lipinski definition) is 8. The molecule has 0 spiro atoms. The zero-order valence-electron chi connectivity index (χ0n) is 22.5. The highest BCUT2D eigenvalue weighted by atomic mass is 32.2. The topological polar surface area (TPSA) is 95.7 Å². The maximum Gasteiger partial charge on any atom is 0.338 e. The number of piperazine rings is 1. The third-order valence-electron chi connectivity index (χ3n) is 6.91. The normalized spacial score (nSPS) is 19.2.